The number of carboxylic acids is 1. The minimum Gasteiger partial charge on any atom is -0.478 e. The van der Waals surface area contributed by atoms with Gasteiger partial charge in [0.2, 0.25) is 0 Å². The van der Waals surface area contributed by atoms with Crippen LogP contribution in [-0.2, 0) is 12.4 Å². The average molecular weight is 682 g/mol. The molecule has 2 heterocycles. The Morgan fingerprint density at radius 2 is 1.00 bits per heavy atom. The molecule has 1 N–H and O–H groups in total. The number of carbonyl (C=O) groups is 2. The van der Waals surface area contributed by atoms with Crippen LogP contribution in [-0.4, -0.2) is 26.8 Å². The number of benzene rings is 2. The Bertz CT molecular complexity index is 1780. The monoisotopic (exact) mass is 682 g/mol. The normalized spacial score (nSPS) is 11.4. The molecule has 0 fully saturated rings. The standard InChI is InChI=1S/C16H9F5N2O.C15H7F5N2O2/c1-8(24)12-6-10(7-22)13(23-14(12)15(17)18)9-2-4-11(5-3-9)16(19,20)21;16-13(17)12-10(14(23)24)5-8(6-21)11(22-12)7-1-3-9(4-2-7)15(18,19)20/h2-6,15H,1H3;1-5,13H,(H,23,24). The summed E-state index contributed by atoms with van der Waals surface area (Å²) in [5.74, 6) is -2.37. The van der Waals surface area contributed by atoms with Crippen LogP contribution in [0.1, 0.15) is 74.1 Å². The van der Waals surface area contributed by atoms with Crippen LogP contribution in [0.3, 0.4) is 0 Å². The number of hydrogen-bond donors (Lipinski definition) is 1. The Kier molecular flexibility index (Phi) is 10.9. The average Bonchev–Trinajstić information content (AvgIpc) is 3.02. The van der Waals surface area contributed by atoms with Crippen LogP contribution in [0, 0.1) is 22.7 Å². The van der Waals surface area contributed by atoms with Crippen LogP contribution in [0.4, 0.5) is 43.9 Å². The maximum absolute atomic E-state index is 13.1. The topological polar surface area (TPSA) is 128 Å². The summed E-state index contributed by atoms with van der Waals surface area (Å²) in [6.45, 7) is 1.06. The summed E-state index contributed by atoms with van der Waals surface area (Å²) in [5.41, 5.74) is -5.95. The summed E-state index contributed by atoms with van der Waals surface area (Å²) in [5, 5.41) is 27.1. The van der Waals surface area contributed by atoms with Gasteiger partial charge in [-0.05, 0) is 43.3 Å². The second-order valence-corrected chi connectivity index (χ2v) is 9.47. The Labute approximate surface area is 263 Å². The summed E-state index contributed by atoms with van der Waals surface area (Å²) in [4.78, 5) is 29.6. The van der Waals surface area contributed by atoms with Crippen molar-refractivity contribution in [1.29, 1.82) is 10.5 Å². The summed E-state index contributed by atoms with van der Waals surface area (Å²) < 4.78 is 128. The summed E-state index contributed by atoms with van der Waals surface area (Å²) in [7, 11) is 0. The number of nitrogens with zero attached hydrogens (tertiary/aromatic N) is 4. The zero-order valence-corrected chi connectivity index (χ0v) is 23.8. The van der Waals surface area contributed by atoms with E-state index in [0.717, 1.165) is 55.5 Å². The van der Waals surface area contributed by atoms with E-state index in [1.165, 1.54) is 0 Å². The first-order valence-electron chi connectivity index (χ1n) is 12.9. The summed E-state index contributed by atoms with van der Waals surface area (Å²) in [6, 6.07) is 12.0. The lowest BCUT2D eigenvalue weighted by Gasteiger charge is -2.12. The largest absolute Gasteiger partial charge is 0.478 e. The van der Waals surface area contributed by atoms with Gasteiger partial charge in [-0.25, -0.2) is 32.3 Å². The Hall–Kier alpha value is -5.84. The van der Waals surface area contributed by atoms with Gasteiger partial charge in [-0.1, -0.05) is 24.3 Å². The van der Waals surface area contributed by atoms with Crippen LogP contribution >= 0.6 is 0 Å². The van der Waals surface area contributed by atoms with E-state index in [9.17, 15) is 53.5 Å². The smallest absolute Gasteiger partial charge is 0.416 e. The number of aromatic nitrogens is 2. The molecule has 0 spiro atoms. The van der Waals surface area contributed by atoms with Gasteiger partial charge in [0.15, 0.2) is 5.78 Å². The molecule has 17 heteroatoms. The molecule has 0 saturated heterocycles. The van der Waals surface area contributed by atoms with E-state index in [4.69, 9.17) is 15.6 Å². The first-order chi connectivity index (χ1) is 22.3. The molecule has 48 heavy (non-hydrogen) atoms. The Morgan fingerprint density at radius 1 is 0.667 bits per heavy atom. The minimum absolute atomic E-state index is 0.0154. The number of carboxylic acid groups (broad SMARTS) is 1. The maximum Gasteiger partial charge on any atom is 0.416 e. The van der Waals surface area contributed by atoms with E-state index in [1.807, 2.05) is 0 Å². The highest BCUT2D eigenvalue weighted by molar-refractivity contribution is 5.96. The first kappa shape index (κ1) is 36.6. The second kappa shape index (κ2) is 14.3. The van der Waals surface area contributed by atoms with Crippen molar-refractivity contribution in [2.24, 2.45) is 0 Å². The highest BCUT2D eigenvalue weighted by Gasteiger charge is 2.31. The van der Waals surface area contributed by atoms with Crippen LogP contribution in [0.2, 0.25) is 0 Å². The van der Waals surface area contributed by atoms with Gasteiger partial charge in [0.05, 0.1) is 39.2 Å². The van der Waals surface area contributed by atoms with E-state index < -0.39 is 70.6 Å². The molecule has 2 aromatic carbocycles. The van der Waals surface area contributed by atoms with Crippen molar-refractivity contribution < 1.29 is 58.6 Å². The number of Topliss-reactive ketones (excluding diaryl/α,β-unsaturated/α-hetero) is 1. The van der Waals surface area contributed by atoms with Crippen LogP contribution in [0.15, 0.2) is 60.7 Å². The summed E-state index contributed by atoms with van der Waals surface area (Å²) in [6.07, 6.45) is -15.4. The zero-order chi connectivity index (χ0) is 36.1. The molecule has 248 valence electrons. The molecule has 7 nitrogen and oxygen atoms in total. The fourth-order valence-electron chi connectivity index (χ4n) is 4.09. The lowest BCUT2D eigenvalue weighted by Crippen LogP contribution is -2.08. The predicted octanol–water partition coefficient (Wildman–Crippen LogP) is 9.05. The maximum atomic E-state index is 13.1. The fraction of sp³-hybridized carbons (Fsp3) is 0.161. The summed E-state index contributed by atoms with van der Waals surface area (Å²) >= 11 is 0. The molecule has 0 atom stereocenters. The third-order valence-corrected chi connectivity index (χ3v) is 6.34. The Morgan fingerprint density at radius 3 is 1.27 bits per heavy atom. The number of halogens is 10. The third-order valence-electron chi connectivity index (χ3n) is 6.34. The van der Waals surface area contributed by atoms with E-state index in [1.54, 1.807) is 12.1 Å². The molecule has 0 aliphatic carbocycles. The van der Waals surface area contributed by atoms with E-state index in [-0.39, 0.29) is 33.6 Å². The number of alkyl halides is 10. The number of aromatic carboxylic acids is 1. The van der Waals surface area contributed by atoms with Crippen molar-refractivity contribution in [3.8, 4) is 34.7 Å². The SMILES string of the molecule is CC(=O)c1cc(C#N)c(-c2ccc(C(F)(F)F)cc2)nc1C(F)F.N#Cc1cc(C(=O)O)c(C(F)F)nc1-c1ccc(C(F)(F)F)cc1. The molecule has 0 radical (unpaired) electrons. The molecule has 0 aliphatic heterocycles. The first-order valence-corrected chi connectivity index (χ1v) is 12.9. The van der Waals surface area contributed by atoms with Crippen LogP contribution in [0.5, 0.6) is 0 Å². The van der Waals surface area contributed by atoms with Gasteiger partial charge in [0.1, 0.15) is 23.5 Å². The molecule has 2 aromatic heterocycles. The van der Waals surface area contributed by atoms with Crippen LogP contribution in [0.25, 0.3) is 22.5 Å². The van der Waals surface area contributed by atoms with Crippen molar-refractivity contribution in [3.63, 3.8) is 0 Å². The van der Waals surface area contributed by atoms with Crippen LogP contribution < -0.4 is 0 Å². The van der Waals surface area contributed by atoms with Crippen molar-refractivity contribution in [1.82, 2.24) is 9.97 Å². The highest BCUT2D eigenvalue weighted by atomic mass is 19.4. The lowest BCUT2D eigenvalue weighted by molar-refractivity contribution is -0.138. The number of pyridine rings is 2. The van der Waals surface area contributed by atoms with Gasteiger partial charge in [0.25, 0.3) is 12.9 Å². The van der Waals surface area contributed by atoms with Crippen molar-refractivity contribution in [2.75, 3.05) is 0 Å². The molecule has 0 aliphatic rings. The number of rotatable bonds is 6. The molecule has 0 bridgehead atoms. The molecule has 0 saturated carbocycles. The molecular weight excluding hydrogens is 666 g/mol. The van der Waals surface area contributed by atoms with E-state index in [2.05, 4.69) is 9.97 Å². The number of carbonyl (C=O) groups excluding carboxylic acids is 1. The molecule has 0 unspecified atom stereocenters. The number of ketones is 1. The number of nitriles is 2. The fourth-order valence-corrected chi connectivity index (χ4v) is 4.09. The van der Waals surface area contributed by atoms with Gasteiger partial charge < -0.3 is 5.11 Å². The minimum atomic E-state index is -4.58. The molecule has 0 amide bonds. The zero-order valence-electron chi connectivity index (χ0n) is 23.8. The van der Waals surface area contributed by atoms with Gasteiger partial charge in [0, 0.05) is 16.7 Å². The quantitative estimate of drug-likeness (QED) is 0.159. The van der Waals surface area contributed by atoms with Crippen molar-refractivity contribution in [2.45, 2.75) is 32.1 Å². The highest BCUT2D eigenvalue weighted by Crippen LogP contribution is 2.34. The van der Waals surface area contributed by atoms with Gasteiger partial charge >= 0.3 is 18.3 Å². The van der Waals surface area contributed by atoms with Crippen molar-refractivity contribution in [3.05, 3.63) is 105 Å². The van der Waals surface area contributed by atoms with Gasteiger partial charge in [-0.3, -0.25) is 4.79 Å². The van der Waals surface area contributed by atoms with E-state index in [0.29, 0.717) is 12.1 Å². The lowest BCUT2D eigenvalue weighted by atomic mass is 10.00. The van der Waals surface area contributed by atoms with Gasteiger partial charge in [-0.15, -0.1) is 0 Å². The third kappa shape index (κ3) is 8.30. The van der Waals surface area contributed by atoms with Gasteiger partial charge in [-0.2, -0.15) is 36.9 Å². The number of hydrogen-bond acceptors (Lipinski definition) is 6. The molecular formula is C31H16F10N4O3. The van der Waals surface area contributed by atoms with E-state index >= 15 is 0 Å². The van der Waals surface area contributed by atoms with Crippen molar-refractivity contribution >= 4 is 11.8 Å². The predicted molar refractivity (Wildman–Crippen MR) is 146 cm³/mol. The molecule has 4 aromatic rings. The Balaban J connectivity index is 0.000000260. The second-order valence-electron chi connectivity index (χ2n) is 9.47. The molecule has 4 rings (SSSR count).